The summed E-state index contributed by atoms with van der Waals surface area (Å²) in [6.45, 7) is 11.1. The van der Waals surface area contributed by atoms with E-state index in [2.05, 4.69) is 34.6 Å². The SMILES string of the molecule is CC(C)CN(C(=O)c1cccc(Cl)c1)C(C)(C)C. The summed E-state index contributed by atoms with van der Waals surface area (Å²) in [7, 11) is 0. The first-order valence-corrected chi connectivity index (χ1v) is 6.67. The molecule has 0 unspecified atom stereocenters. The normalized spacial score (nSPS) is 11.7. The summed E-state index contributed by atoms with van der Waals surface area (Å²) in [6, 6.07) is 7.13. The van der Waals surface area contributed by atoms with Crippen LogP contribution in [0.4, 0.5) is 0 Å². The molecule has 0 N–H and O–H groups in total. The van der Waals surface area contributed by atoms with E-state index in [1.165, 1.54) is 0 Å². The van der Waals surface area contributed by atoms with Crippen LogP contribution in [0, 0.1) is 5.92 Å². The van der Waals surface area contributed by atoms with Gasteiger partial charge in [-0.15, -0.1) is 0 Å². The third-order valence-corrected chi connectivity index (χ3v) is 2.91. The molecule has 0 radical (unpaired) electrons. The van der Waals surface area contributed by atoms with Gasteiger partial charge in [0.1, 0.15) is 0 Å². The van der Waals surface area contributed by atoms with Crippen molar-refractivity contribution in [1.82, 2.24) is 4.90 Å². The van der Waals surface area contributed by atoms with Gasteiger partial charge in [0.15, 0.2) is 0 Å². The molecule has 18 heavy (non-hydrogen) atoms. The molecule has 3 heteroatoms. The Morgan fingerprint density at radius 3 is 2.39 bits per heavy atom. The number of hydrogen-bond acceptors (Lipinski definition) is 1. The molecule has 0 spiro atoms. The fourth-order valence-corrected chi connectivity index (χ4v) is 1.99. The molecule has 0 aliphatic heterocycles. The average Bonchev–Trinajstić information content (AvgIpc) is 2.23. The van der Waals surface area contributed by atoms with Gasteiger partial charge in [0.25, 0.3) is 5.91 Å². The van der Waals surface area contributed by atoms with Crippen LogP contribution >= 0.6 is 11.6 Å². The molecule has 0 aliphatic carbocycles. The van der Waals surface area contributed by atoms with Crippen molar-refractivity contribution in [2.45, 2.75) is 40.2 Å². The molecular formula is C15H22ClNO. The number of carbonyl (C=O) groups excluding carboxylic acids is 1. The largest absolute Gasteiger partial charge is 0.334 e. The zero-order valence-electron chi connectivity index (χ0n) is 11.8. The Balaban J connectivity index is 3.03. The molecular weight excluding hydrogens is 246 g/mol. The predicted octanol–water partition coefficient (Wildman–Crippen LogP) is 4.24. The van der Waals surface area contributed by atoms with E-state index < -0.39 is 0 Å². The van der Waals surface area contributed by atoms with Gasteiger partial charge in [-0.05, 0) is 44.9 Å². The van der Waals surface area contributed by atoms with Crippen molar-refractivity contribution in [2.75, 3.05) is 6.54 Å². The third-order valence-electron chi connectivity index (χ3n) is 2.67. The zero-order chi connectivity index (χ0) is 13.9. The van der Waals surface area contributed by atoms with E-state index >= 15 is 0 Å². The molecule has 1 rings (SSSR count). The van der Waals surface area contributed by atoms with Crippen molar-refractivity contribution < 1.29 is 4.79 Å². The minimum absolute atomic E-state index is 0.0405. The van der Waals surface area contributed by atoms with Crippen LogP contribution in [0.15, 0.2) is 24.3 Å². The number of rotatable bonds is 3. The number of halogens is 1. The number of carbonyl (C=O) groups is 1. The molecule has 0 atom stereocenters. The lowest BCUT2D eigenvalue weighted by Gasteiger charge is -2.37. The first-order valence-electron chi connectivity index (χ1n) is 6.29. The van der Waals surface area contributed by atoms with Crippen molar-refractivity contribution in [3.63, 3.8) is 0 Å². The van der Waals surface area contributed by atoms with Crippen molar-refractivity contribution in [1.29, 1.82) is 0 Å². The summed E-state index contributed by atoms with van der Waals surface area (Å²) in [5.41, 5.74) is 0.460. The maximum atomic E-state index is 12.5. The Labute approximate surface area is 115 Å². The summed E-state index contributed by atoms with van der Waals surface area (Å²) in [5.74, 6) is 0.478. The fraction of sp³-hybridized carbons (Fsp3) is 0.533. The molecule has 0 fully saturated rings. The molecule has 0 bridgehead atoms. The zero-order valence-corrected chi connectivity index (χ0v) is 12.6. The van der Waals surface area contributed by atoms with Crippen LogP contribution in [0.2, 0.25) is 5.02 Å². The van der Waals surface area contributed by atoms with Crippen molar-refractivity contribution in [3.8, 4) is 0 Å². The fourth-order valence-electron chi connectivity index (χ4n) is 1.80. The number of hydrogen-bond donors (Lipinski definition) is 0. The molecule has 0 heterocycles. The molecule has 1 aromatic carbocycles. The molecule has 1 aromatic rings. The van der Waals surface area contributed by atoms with E-state index in [0.717, 1.165) is 6.54 Å². The standard InChI is InChI=1S/C15H22ClNO/c1-11(2)10-17(15(3,4)5)14(18)12-7-6-8-13(16)9-12/h6-9,11H,10H2,1-5H3. The van der Waals surface area contributed by atoms with Gasteiger partial charge in [-0.1, -0.05) is 31.5 Å². The molecule has 1 amide bonds. The Bertz CT molecular complexity index is 421. The Kier molecular flexibility index (Phi) is 4.80. The van der Waals surface area contributed by atoms with Crippen LogP contribution in [-0.2, 0) is 0 Å². The molecule has 100 valence electrons. The highest BCUT2D eigenvalue weighted by atomic mass is 35.5. The number of nitrogens with zero attached hydrogens (tertiary/aromatic N) is 1. The predicted molar refractivity (Wildman–Crippen MR) is 77.1 cm³/mol. The quantitative estimate of drug-likeness (QED) is 0.802. The number of amides is 1. The summed E-state index contributed by atoms with van der Waals surface area (Å²) in [4.78, 5) is 14.5. The first-order chi connectivity index (χ1) is 8.21. The maximum absolute atomic E-state index is 12.5. The van der Waals surface area contributed by atoms with Crippen LogP contribution in [-0.4, -0.2) is 22.9 Å². The third kappa shape index (κ3) is 4.02. The second-order valence-electron chi connectivity index (χ2n) is 5.99. The minimum Gasteiger partial charge on any atom is -0.334 e. The molecule has 0 saturated carbocycles. The van der Waals surface area contributed by atoms with E-state index in [4.69, 9.17) is 11.6 Å². The lowest BCUT2D eigenvalue weighted by Crippen LogP contribution is -2.47. The highest BCUT2D eigenvalue weighted by Crippen LogP contribution is 2.20. The van der Waals surface area contributed by atoms with Gasteiger partial charge in [-0.3, -0.25) is 4.79 Å². The summed E-state index contributed by atoms with van der Waals surface area (Å²) < 4.78 is 0. The summed E-state index contributed by atoms with van der Waals surface area (Å²) >= 11 is 5.94. The molecule has 0 saturated heterocycles. The van der Waals surface area contributed by atoms with Crippen molar-refractivity contribution in [2.24, 2.45) is 5.92 Å². The van der Waals surface area contributed by atoms with Gasteiger partial charge in [-0.25, -0.2) is 0 Å². The van der Waals surface area contributed by atoms with Crippen LogP contribution in [0.25, 0.3) is 0 Å². The van der Waals surface area contributed by atoms with Gasteiger partial charge >= 0.3 is 0 Å². The van der Waals surface area contributed by atoms with E-state index in [1.807, 2.05) is 17.0 Å². The van der Waals surface area contributed by atoms with E-state index in [-0.39, 0.29) is 11.4 Å². The lowest BCUT2D eigenvalue weighted by molar-refractivity contribution is 0.0548. The van der Waals surface area contributed by atoms with Gasteiger partial charge < -0.3 is 4.90 Å². The van der Waals surface area contributed by atoms with E-state index in [9.17, 15) is 4.79 Å². The van der Waals surface area contributed by atoms with Gasteiger partial charge in [0.2, 0.25) is 0 Å². The lowest BCUT2D eigenvalue weighted by atomic mass is 10.0. The minimum atomic E-state index is -0.191. The Hall–Kier alpha value is -1.02. The van der Waals surface area contributed by atoms with E-state index in [1.54, 1.807) is 12.1 Å². The second kappa shape index (κ2) is 5.75. The Morgan fingerprint density at radius 2 is 1.94 bits per heavy atom. The highest BCUT2D eigenvalue weighted by Gasteiger charge is 2.27. The van der Waals surface area contributed by atoms with Crippen LogP contribution in [0.1, 0.15) is 45.0 Å². The van der Waals surface area contributed by atoms with E-state index in [0.29, 0.717) is 16.5 Å². The van der Waals surface area contributed by atoms with Crippen LogP contribution < -0.4 is 0 Å². The maximum Gasteiger partial charge on any atom is 0.254 e. The molecule has 2 nitrogen and oxygen atoms in total. The molecule has 0 aliphatic rings. The monoisotopic (exact) mass is 267 g/mol. The average molecular weight is 268 g/mol. The van der Waals surface area contributed by atoms with Gasteiger partial charge in [-0.2, -0.15) is 0 Å². The Morgan fingerprint density at radius 1 is 1.33 bits per heavy atom. The highest BCUT2D eigenvalue weighted by molar-refractivity contribution is 6.30. The summed E-state index contributed by atoms with van der Waals surface area (Å²) in [5, 5.41) is 0.597. The van der Waals surface area contributed by atoms with Crippen molar-refractivity contribution in [3.05, 3.63) is 34.9 Å². The van der Waals surface area contributed by atoms with Crippen LogP contribution in [0.3, 0.4) is 0 Å². The van der Waals surface area contributed by atoms with Crippen LogP contribution in [0.5, 0.6) is 0 Å². The second-order valence-corrected chi connectivity index (χ2v) is 6.43. The smallest absolute Gasteiger partial charge is 0.254 e. The van der Waals surface area contributed by atoms with Gasteiger partial charge in [0.05, 0.1) is 0 Å². The van der Waals surface area contributed by atoms with Crippen molar-refractivity contribution >= 4 is 17.5 Å². The first kappa shape index (κ1) is 15.0. The topological polar surface area (TPSA) is 20.3 Å². The number of benzene rings is 1. The summed E-state index contributed by atoms with van der Waals surface area (Å²) in [6.07, 6.45) is 0. The van der Waals surface area contributed by atoms with Gasteiger partial charge in [0, 0.05) is 22.7 Å². The molecule has 0 aromatic heterocycles.